The van der Waals surface area contributed by atoms with Crippen molar-refractivity contribution in [3.8, 4) is 0 Å². The third-order valence-corrected chi connectivity index (χ3v) is 8.48. The summed E-state index contributed by atoms with van der Waals surface area (Å²) in [6.07, 6.45) is 6.78. The molecule has 0 unspecified atom stereocenters. The highest BCUT2D eigenvalue weighted by Gasteiger charge is 2.21. The van der Waals surface area contributed by atoms with Crippen molar-refractivity contribution in [2.24, 2.45) is 0 Å². The first kappa shape index (κ1) is 28.7. The molecule has 11 nitrogen and oxygen atoms in total. The molecule has 1 aliphatic carbocycles. The Labute approximate surface area is 239 Å². The minimum Gasteiger partial charge on any atom is -0.322 e. The Bertz CT molecular complexity index is 1470. The molecule has 0 atom stereocenters. The molecule has 1 saturated heterocycles. The van der Waals surface area contributed by atoms with E-state index < -0.39 is 22.2 Å². The lowest BCUT2D eigenvalue weighted by Crippen LogP contribution is -2.49. The van der Waals surface area contributed by atoms with Crippen LogP contribution >= 0.6 is 0 Å². The zero-order valence-electron chi connectivity index (χ0n) is 22.8. The van der Waals surface area contributed by atoms with Crippen LogP contribution < -0.4 is 37.5 Å². The molecule has 1 saturated carbocycles. The lowest BCUT2D eigenvalue weighted by molar-refractivity contribution is 0.0926. The van der Waals surface area contributed by atoms with E-state index in [1.807, 2.05) is 24.3 Å². The molecule has 3 aromatic carbocycles. The number of hydrogen-bond acceptors (Lipinski definition) is 8. The quantitative estimate of drug-likeness (QED) is 0.239. The van der Waals surface area contributed by atoms with E-state index in [1.54, 1.807) is 29.2 Å². The Morgan fingerprint density at radius 1 is 0.902 bits per heavy atom. The summed E-state index contributed by atoms with van der Waals surface area (Å²) in [6.45, 7) is 0.238. The van der Waals surface area contributed by atoms with Gasteiger partial charge in [0.1, 0.15) is 0 Å². The maximum Gasteiger partial charge on any atom is 0.326 e. The molecule has 2 fully saturated rings. The molecule has 0 radical (unpaired) electrons. The molecule has 0 bridgehead atoms. The molecule has 216 valence electrons. The Morgan fingerprint density at radius 2 is 1.59 bits per heavy atom. The summed E-state index contributed by atoms with van der Waals surface area (Å²) in [5.41, 5.74) is 14.5. The van der Waals surface area contributed by atoms with Gasteiger partial charge in [-0.3, -0.25) is 9.69 Å². The van der Waals surface area contributed by atoms with Gasteiger partial charge in [0.25, 0.3) is 5.91 Å². The lowest BCUT2D eigenvalue weighted by atomic mass is 9.84. The maximum atomic E-state index is 13.6. The molecule has 1 heterocycles. The number of urea groups is 1. The van der Waals surface area contributed by atoms with E-state index in [2.05, 4.69) is 44.7 Å². The fourth-order valence-corrected chi connectivity index (χ4v) is 5.79. The van der Waals surface area contributed by atoms with Crippen molar-refractivity contribution in [2.45, 2.75) is 55.8 Å². The molecule has 41 heavy (non-hydrogen) atoms. The molecular weight excluding hydrogens is 542 g/mol. The van der Waals surface area contributed by atoms with Crippen LogP contribution in [0.3, 0.4) is 0 Å². The smallest absolute Gasteiger partial charge is 0.322 e. The van der Waals surface area contributed by atoms with Crippen molar-refractivity contribution in [3.05, 3.63) is 89.5 Å². The molecule has 0 spiro atoms. The Kier molecular flexibility index (Phi) is 8.96. The zero-order chi connectivity index (χ0) is 28.8. The lowest BCUT2D eigenvalue weighted by Gasteiger charge is -2.26. The Hall–Kier alpha value is -3.81. The number of sulfone groups is 1. The second kappa shape index (κ2) is 12.8. The van der Waals surface area contributed by atoms with Crippen LogP contribution in [0.4, 0.5) is 16.2 Å². The molecule has 5 rings (SSSR count). The normalized spacial score (nSPS) is 16.3. The highest BCUT2D eigenvalue weighted by molar-refractivity contribution is 7.90. The number of nitrogens with zero attached hydrogens (tertiary/aromatic N) is 1. The molecular formula is C29H35N7O4S. The SMILES string of the molecule is CS(=O)(=O)c1cccc(NC(=O)N(Cc2ccc(C(=O)NC3NNNN3)cc2)c2ccc(C3CCCCC3)cc2)c1. The fraction of sp³-hybridized carbons (Fsp3) is 0.310. The summed E-state index contributed by atoms with van der Waals surface area (Å²) in [5, 5.41) is 5.62. The first-order valence-electron chi connectivity index (χ1n) is 13.7. The van der Waals surface area contributed by atoms with Crippen LogP contribution in [-0.2, 0) is 16.4 Å². The van der Waals surface area contributed by atoms with Gasteiger partial charge < -0.3 is 10.6 Å². The summed E-state index contributed by atoms with van der Waals surface area (Å²) >= 11 is 0. The molecule has 6 N–H and O–H groups in total. The standard InChI is InChI=1S/C29H35N7O4S/c1-41(39,40)26-9-5-8-24(18-26)30-29(38)36(25-16-14-22(15-17-25)21-6-3-2-4-7-21)19-20-10-12-23(13-11-20)27(37)31-28-32-34-35-33-28/h5,8-18,21,28,32-35H,2-4,6-7,19H2,1H3,(H,30,38)(H,31,37). The van der Waals surface area contributed by atoms with Gasteiger partial charge in [0, 0.05) is 23.2 Å². The summed E-state index contributed by atoms with van der Waals surface area (Å²) < 4.78 is 24.1. The third kappa shape index (κ3) is 7.48. The van der Waals surface area contributed by atoms with Crippen LogP contribution in [0.1, 0.15) is 59.5 Å². The average molecular weight is 578 g/mol. The molecule has 0 aromatic heterocycles. The van der Waals surface area contributed by atoms with Gasteiger partial charge in [0.05, 0.1) is 11.4 Å². The van der Waals surface area contributed by atoms with Crippen molar-refractivity contribution in [1.29, 1.82) is 0 Å². The second-order valence-electron chi connectivity index (χ2n) is 10.4. The number of benzene rings is 3. The van der Waals surface area contributed by atoms with Gasteiger partial charge in [-0.1, -0.05) is 49.6 Å². The number of hydrazine groups is 3. The number of carbonyl (C=O) groups is 2. The van der Waals surface area contributed by atoms with Gasteiger partial charge in [0.2, 0.25) is 0 Å². The van der Waals surface area contributed by atoms with Crippen molar-refractivity contribution in [1.82, 2.24) is 27.2 Å². The van der Waals surface area contributed by atoms with Gasteiger partial charge in [0.15, 0.2) is 16.1 Å². The van der Waals surface area contributed by atoms with Crippen LogP contribution in [-0.4, -0.2) is 32.9 Å². The average Bonchev–Trinajstić information content (AvgIpc) is 3.49. The maximum absolute atomic E-state index is 13.6. The first-order chi connectivity index (χ1) is 19.8. The number of carbonyl (C=O) groups excluding carboxylic acids is 2. The van der Waals surface area contributed by atoms with E-state index in [4.69, 9.17) is 0 Å². The third-order valence-electron chi connectivity index (χ3n) is 7.37. The number of amides is 3. The van der Waals surface area contributed by atoms with E-state index in [-0.39, 0.29) is 17.3 Å². The van der Waals surface area contributed by atoms with Crippen LogP contribution in [0.25, 0.3) is 0 Å². The van der Waals surface area contributed by atoms with E-state index in [9.17, 15) is 18.0 Å². The van der Waals surface area contributed by atoms with Gasteiger partial charge in [-0.05, 0) is 72.4 Å². The monoisotopic (exact) mass is 577 g/mol. The number of hydrogen-bond donors (Lipinski definition) is 6. The van der Waals surface area contributed by atoms with Crippen molar-refractivity contribution >= 4 is 33.2 Å². The highest BCUT2D eigenvalue weighted by Crippen LogP contribution is 2.33. The molecule has 3 amide bonds. The van der Waals surface area contributed by atoms with Gasteiger partial charge in [-0.2, -0.15) is 11.1 Å². The minimum atomic E-state index is -3.43. The zero-order valence-corrected chi connectivity index (χ0v) is 23.6. The predicted octanol–water partition coefficient (Wildman–Crippen LogP) is 3.51. The second-order valence-corrected chi connectivity index (χ2v) is 12.4. The van der Waals surface area contributed by atoms with Crippen LogP contribution in [0.5, 0.6) is 0 Å². The number of nitrogens with one attached hydrogen (secondary N) is 6. The summed E-state index contributed by atoms with van der Waals surface area (Å²) in [4.78, 5) is 27.9. The number of anilines is 2. The summed E-state index contributed by atoms with van der Waals surface area (Å²) in [5.74, 6) is 0.268. The largest absolute Gasteiger partial charge is 0.326 e. The van der Waals surface area contributed by atoms with Gasteiger partial charge in [-0.25, -0.2) is 24.1 Å². The molecule has 3 aromatic rings. The summed E-state index contributed by atoms with van der Waals surface area (Å²) in [6, 6.07) is 20.9. The Morgan fingerprint density at radius 3 is 2.24 bits per heavy atom. The van der Waals surface area contributed by atoms with E-state index in [0.717, 1.165) is 11.8 Å². The van der Waals surface area contributed by atoms with Gasteiger partial charge >= 0.3 is 6.03 Å². The van der Waals surface area contributed by atoms with Crippen molar-refractivity contribution in [3.63, 3.8) is 0 Å². The molecule has 12 heteroatoms. The van der Waals surface area contributed by atoms with Crippen LogP contribution in [0, 0.1) is 0 Å². The van der Waals surface area contributed by atoms with Crippen molar-refractivity contribution < 1.29 is 18.0 Å². The predicted molar refractivity (Wildman–Crippen MR) is 157 cm³/mol. The van der Waals surface area contributed by atoms with E-state index in [0.29, 0.717) is 22.9 Å². The molecule has 2 aliphatic rings. The van der Waals surface area contributed by atoms with E-state index >= 15 is 0 Å². The first-order valence-corrected chi connectivity index (χ1v) is 15.5. The highest BCUT2D eigenvalue weighted by atomic mass is 32.2. The Balaban J connectivity index is 1.36. The van der Waals surface area contributed by atoms with Crippen LogP contribution in [0.2, 0.25) is 0 Å². The summed E-state index contributed by atoms with van der Waals surface area (Å²) in [7, 11) is -3.43. The fourth-order valence-electron chi connectivity index (χ4n) is 5.12. The topological polar surface area (TPSA) is 144 Å². The minimum absolute atomic E-state index is 0.127. The van der Waals surface area contributed by atoms with E-state index in [1.165, 1.54) is 49.8 Å². The van der Waals surface area contributed by atoms with Crippen LogP contribution in [0.15, 0.2) is 77.7 Å². The number of rotatable bonds is 8. The van der Waals surface area contributed by atoms with Gasteiger partial charge in [-0.15, -0.1) is 0 Å². The van der Waals surface area contributed by atoms with Crippen molar-refractivity contribution in [2.75, 3.05) is 16.5 Å². The molecule has 1 aliphatic heterocycles.